The molecule has 142 valence electrons. The number of carbonyl (C=O) groups is 1. The summed E-state index contributed by atoms with van der Waals surface area (Å²) in [5, 5.41) is 0.640. The van der Waals surface area contributed by atoms with Gasteiger partial charge in [-0.15, -0.1) is 0 Å². The minimum atomic E-state index is -0.719. The first kappa shape index (κ1) is 18.1. The minimum absolute atomic E-state index is 0.0516. The van der Waals surface area contributed by atoms with Crippen LogP contribution in [0.5, 0.6) is 5.75 Å². The van der Waals surface area contributed by atoms with Crippen molar-refractivity contribution in [3.05, 3.63) is 29.3 Å². The average molecular weight is 381 g/mol. The van der Waals surface area contributed by atoms with Crippen molar-refractivity contribution in [1.29, 1.82) is 0 Å². The molecule has 0 radical (unpaired) electrons. The Labute approximate surface area is 158 Å². The van der Waals surface area contributed by atoms with Gasteiger partial charge in [-0.1, -0.05) is 24.6 Å². The van der Waals surface area contributed by atoms with Crippen LogP contribution in [-0.2, 0) is 19.0 Å². The lowest BCUT2D eigenvalue weighted by Gasteiger charge is -2.30. The van der Waals surface area contributed by atoms with Gasteiger partial charge in [-0.3, -0.25) is 4.79 Å². The van der Waals surface area contributed by atoms with Crippen molar-refractivity contribution in [2.75, 3.05) is 19.8 Å². The SMILES string of the molecule is CC1CC2OC(=O)CC2C1CCC1(COc2cccc(Cl)c2)OCCO1. The van der Waals surface area contributed by atoms with E-state index in [1.165, 1.54) is 0 Å². The second-order valence-electron chi connectivity index (χ2n) is 7.67. The molecule has 1 saturated carbocycles. The highest BCUT2D eigenvalue weighted by molar-refractivity contribution is 6.30. The number of rotatable bonds is 6. The molecule has 2 heterocycles. The van der Waals surface area contributed by atoms with Crippen molar-refractivity contribution in [1.82, 2.24) is 0 Å². The maximum absolute atomic E-state index is 11.6. The lowest BCUT2D eigenvalue weighted by atomic mass is 9.83. The molecule has 6 heteroatoms. The van der Waals surface area contributed by atoms with E-state index < -0.39 is 5.79 Å². The zero-order valence-corrected chi connectivity index (χ0v) is 15.7. The van der Waals surface area contributed by atoms with Gasteiger partial charge < -0.3 is 18.9 Å². The van der Waals surface area contributed by atoms with Gasteiger partial charge in [-0.05, 0) is 42.9 Å². The molecule has 2 saturated heterocycles. The third kappa shape index (κ3) is 3.71. The molecule has 1 aromatic carbocycles. The van der Waals surface area contributed by atoms with Crippen molar-refractivity contribution in [3.8, 4) is 5.75 Å². The quantitative estimate of drug-likeness (QED) is 0.702. The fraction of sp³-hybridized carbons (Fsp3) is 0.650. The van der Waals surface area contributed by atoms with Crippen LogP contribution in [0.4, 0.5) is 0 Å². The molecule has 0 aromatic heterocycles. The Morgan fingerprint density at radius 2 is 2.12 bits per heavy atom. The number of ether oxygens (including phenoxy) is 4. The van der Waals surface area contributed by atoms with E-state index in [4.69, 9.17) is 30.5 Å². The summed E-state index contributed by atoms with van der Waals surface area (Å²) in [4.78, 5) is 11.6. The molecule has 4 atom stereocenters. The van der Waals surface area contributed by atoms with Crippen LogP contribution in [-0.4, -0.2) is 37.7 Å². The highest BCUT2D eigenvalue weighted by Crippen LogP contribution is 2.47. The zero-order valence-electron chi connectivity index (χ0n) is 15.0. The first-order valence-electron chi connectivity index (χ1n) is 9.40. The topological polar surface area (TPSA) is 54.0 Å². The molecular weight excluding hydrogens is 356 g/mol. The van der Waals surface area contributed by atoms with Gasteiger partial charge in [-0.25, -0.2) is 0 Å². The lowest BCUT2D eigenvalue weighted by Crippen LogP contribution is -2.38. The number of benzene rings is 1. The summed E-state index contributed by atoms with van der Waals surface area (Å²) in [5.74, 6) is 1.28. The van der Waals surface area contributed by atoms with E-state index in [1.807, 2.05) is 18.2 Å². The predicted molar refractivity (Wildman–Crippen MR) is 96.1 cm³/mol. The van der Waals surface area contributed by atoms with E-state index in [1.54, 1.807) is 6.07 Å². The first-order valence-corrected chi connectivity index (χ1v) is 9.78. The zero-order chi connectivity index (χ0) is 18.1. The largest absolute Gasteiger partial charge is 0.488 e. The summed E-state index contributed by atoms with van der Waals surface area (Å²) < 4.78 is 23.3. The highest BCUT2D eigenvalue weighted by Gasteiger charge is 2.49. The molecule has 0 spiro atoms. The molecular formula is C20H25ClO5. The monoisotopic (exact) mass is 380 g/mol. The van der Waals surface area contributed by atoms with E-state index in [0.29, 0.717) is 54.8 Å². The smallest absolute Gasteiger partial charge is 0.306 e. The third-order valence-corrected chi connectivity index (χ3v) is 6.21. The van der Waals surface area contributed by atoms with Gasteiger partial charge in [0.05, 0.1) is 19.6 Å². The normalized spacial score (nSPS) is 32.5. The molecule has 0 bridgehead atoms. The lowest BCUT2D eigenvalue weighted by molar-refractivity contribution is -0.184. The van der Waals surface area contributed by atoms with E-state index >= 15 is 0 Å². The molecule has 3 fully saturated rings. The van der Waals surface area contributed by atoms with Crippen molar-refractivity contribution < 1.29 is 23.7 Å². The molecule has 1 aromatic rings. The maximum Gasteiger partial charge on any atom is 0.306 e. The number of esters is 1. The van der Waals surface area contributed by atoms with Gasteiger partial charge >= 0.3 is 5.97 Å². The van der Waals surface area contributed by atoms with Crippen molar-refractivity contribution in [2.45, 2.75) is 44.5 Å². The fourth-order valence-electron chi connectivity index (χ4n) is 4.67. The number of hydrogen-bond acceptors (Lipinski definition) is 5. The van der Waals surface area contributed by atoms with Gasteiger partial charge in [0.1, 0.15) is 18.5 Å². The van der Waals surface area contributed by atoms with Crippen LogP contribution < -0.4 is 4.74 Å². The summed E-state index contributed by atoms with van der Waals surface area (Å²) in [6, 6.07) is 7.34. The van der Waals surface area contributed by atoms with Crippen molar-refractivity contribution in [3.63, 3.8) is 0 Å². The van der Waals surface area contributed by atoms with Crippen LogP contribution >= 0.6 is 11.6 Å². The van der Waals surface area contributed by atoms with Gasteiger partial charge in [-0.2, -0.15) is 0 Å². The molecule has 2 aliphatic heterocycles. The van der Waals surface area contributed by atoms with Gasteiger partial charge in [0, 0.05) is 17.4 Å². The van der Waals surface area contributed by atoms with E-state index in [0.717, 1.165) is 19.3 Å². The molecule has 0 amide bonds. The summed E-state index contributed by atoms with van der Waals surface area (Å²) in [5.41, 5.74) is 0. The Balaban J connectivity index is 1.38. The highest BCUT2D eigenvalue weighted by atomic mass is 35.5. The van der Waals surface area contributed by atoms with Crippen LogP contribution in [0.1, 0.15) is 32.6 Å². The van der Waals surface area contributed by atoms with Gasteiger partial charge in [0.25, 0.3) is 0 Å². The Hall–Kier alpha value is -1.30. The standard InChI is InChI=1S/C20H25ClO5/c1-13-9-18-17(11-19(22)26-18)16(13)5-6-20(24-7-8-25-20)12-23-15-4-2-3-14(21)10-15/h2-4,10,13,16-18H,5-9,11-12H2,1H3. The van der Waals surface area contributed by atoms with E-state index in [2.05, 4.69) is 6.92 Å². The summed E-state index contributed by atoms with van der Waals surface area (Å²) in [6.45, 7) is 3.74. The Morgan fingerprint density at radius 3 is 2.88 bits per heavy atom. The summed E-state index contributed by atoms with van der Waals surface area (Å²) in [6.07, 6.45) is 3.31. The molecule has 26 heavy (non-hydrogen) atoms. The van der Waals surface area contributed by atoms with Crippen molar-refractivity contribution >= 4 is 17.6 Å². The molecule has 4 unspecified atom stereocenters. The third-order valence-electron chi connectivity index (χ3n) is 5.97. The maximum atomic E-state index is 11.6. The van der Waals surface area contributed by atoms with Crippen LogP contribution in [0.2, 0.25) is 5.02 Å². The average Bonchev–Trinajstić information content (AvgIpc) is 3.27. The van der Waals surface area contributed by atoms with Crippen molar-refractivity contribution in [2.24, 2.45) is 17.8 Å². The van der Waals surface area contributed by atoms with Crippen LogP contribution in [0.3, 0.4) is 0 Å². The molecule has 4 rings (SSSR count). The first-order chi connectivity index (χ1) is 12.5. The number of fused-ring (bicyclic) bond motifs is 1. The number of halogens is 1. The molecule has 1 aliphatic carbocycles. The van der Waals surface area contributed by atoms with E-state index in [9.17, 15) is 4.79 Å². The number of carbonyl (C=O) groups excluding carboxylic acids is 1. The molecule has 5 nitrogen and oxygen atoms in total. The van der Waals surface area contributed by atoms with Gasteiger partial charge in [0.2, 0.25) is 5.79 Å². The Bertz CT molecular complexity index is 657. The second-order valence-corrected chi connectivity index (χ2v) is 8.10. The number of hydrogen-bond donors (Lipinski definition) is 0. The Morgan fingerprint density at radius 1 is 1.31 bits per heavy atom. The van der Waals surface area contributed by atoms with Gasteiger partial charge in [0.15, 0.2) is 0 Å². The predicted octanol–water partition coefficient (Wildman–Crippen LogP) is 3.83. The molecule has 3 aliphatic rings. The van der Waals surface area contributed by atoms with E-state index in [-0.39, 0.29) is 12.1 Å². The van der Waals surface area contributed by atoms with Crippen LogP contribution in [0, 0.1) is 17.8 Å². The fourth-order valence-corrected chi connectivity index (χ4v) is 4.85. The Kier molecular flexibility index (Phi) is 5.13. The molecule has 0 N–H and O–H groups in total. The second kappa shape index (κ2) is 7.37. The minimum Gasteiger partial charge on any atom is -0.488 e. The summed E-state index contributed by atoms with van der Waals surface area (Å²) >= 11 is 6.02. The van der Waals surface area contributed by atoms with Crippen LogP contribution in [0.15, 0.2) is 24.3 Å². The summed E-state index contributed by atoms with van der Waals surface area (Å²) in [7, 11) is 0. The van der Waals surface area contributed by atoms with Crippen LogP contribution in [0.25, 0.3) is 0 Å².